The number of anilines is 1. The van der Waals surface area contributed by atoms with Gasteiger partial charge in [0.1, 0.15) is 5.82 Å². The molecule has 172 valence electrons. The van der Waals surface area contributed by atoms with E-state index in [2.05, 4.69) is 15.0 Å². The second-order valence-electron chi connectivity index (χ2n) is 7.92. The predicted octanol–water partition coefficient (Wildman–Crippen LogP) is 4.39. The van der Waals surface area contributed by atoms with Crippen molar-refractivity contribution in [1.82, 2.24) is 19.5 Å². The van der Waals surface area contributed by atoms with Crippen LogP contribution >= 0.6 is 11.3 Å². The molecule has 0 unspecified atom stereocenters. The molecule has 2 aromatic carbocycles. The largest absolute Gasteiger partial charge is 0.492 e. The van der Waals surface area contributed by atoms with Crippen LogP contribution in [0.1, 0.15) is 29.2 Å². The van der Waals surface area contributed by atoms with E-state index in [9.17, 15) is 18.3 Å². The summed E-state index contributed by atoms with van der Waals surface area (Å²) in [5, 5.41) is 15.3. The third-order valence-corrected chi connectivity index (χ3v) is 7.01. The summed E-state index contributed by atoms with van der Waals surface area (Å²) in [6, 6.07) is 9.89. The Balaban J connectivity index is 1.50. The zero-order valence-corrected chi connectivity index (χ0v) is 18.7. The molecule has 0 aliphatic carbocycles. The van der Waals surface area contributed by atoms with Gasteiger partial charge in [0.15, 0.2) is 17.5 Å². The molecular weight excluding hydrogens is 451 g/mol. The molecule has 1 aliphatic heterocycles. The topological polar surface area (TPSA) is 56.9 Å². The molecule has 0 spiro atoms. The smallest absolute Gasteiger partial charge is 0.230 e. The molecule has 1 fully saturated rings. The Kier molecular flexibility index (Phi) is 5.71. The first-order chi connectivity index (χ1) is 16.0. The molecule has 6 nitrogen and oxygen atoms in total. The van der Waals surface area contributed by atoms with Crippen molar-refractivity contribution >= 4 is 22.0 Å². The zero-order chi connectivity index (χ0) is 23.1. The number of aromatic nitrogens is 3. The molecule has 0 saturated carbocycles. The summed E-state index contributed by atoms with van der Waals surface area (Å²) in [5.74, 6) is -1.60. The number of thiazole rings is 1. The van der Waals surface area contributed by atoms with Crippen LogP contribution in [-0.4, -0.2) is 50.8 Å². The summed E-state index contributed by atoms with van der Waals surface area (Å²) in [6.45, 7) is 4.08. The number of nitrogens with zero attached hydrogens (tertiary/aromatic N) is 5. The van der Waals surface area contributed by atoms with Gasteiger partial charge in [-0.3, -0.25) is 4.90 Å². The van der Waals surface area contributed by atoms with Crippen molar-refractivity contribution < 1.29 is 18.3 Å². The lowest BCUT2D eigenvalue weighted by atomic mass is 10.0. The number of para-hydroxylation sites is 1. The number of fused-ring (bicyclic) bond motifs is 1. The van der Waals surface area contributed by atoms with Crippen molar-refractivity contribution in [3.8, 4) is 5.88 Å². The van der Waals surface area contributed by atoms with Crippen molar-refractivity contribution in [3.63, 3.8) is 0 Å². The first-order valence-corrected chi connectivity index (χ1v) is 11.5. The van der Waals surface area contributed by atoms with E-state index in [1.54, 1.807) is 18.2 Å². The number of piperazine rings is 1. The standard InChI is InChI=1S/C23H22F3N5OS/c1-2-19-27-23-31(28-19)22(32)21(33-23)20(14-7-8-15(24)17(26)13-14)30-11-9-29(10-12-30)18-6-4-3-5-16(18)25/h3-8,13,20,32H,2,9-12H2,1H3/t20-/m1/s1. The van der Waals surface area contributed by atoms with Crippen LogP contribution in [0, 0.1) is 17.5 Å². The molecule has 0 bridgehead atoms. The lowest BCUT2D eigenvalue weighted by Gasteiger charge is -2.40. The molecule has 5 rings (SSSR count). The molecule has 1 aliphatic rings. The summed E-state index contributed by atoms with van der Waals surface area (Å²) in [6.07, 6.45) is 0.633. The number of aromatic hydroxyl groups is 1. The van der Waals surface area contributed by atoms with Crippen LogP contribution in [0.4, 0.5) is 18.9 Å². The minimum Gasteiger partial charge on any atom is -0.492 e. The summed E-state index contributed by atoms with van der Waals surface area (Å²) in [5.41, 5.74) is 1.05. The SMILES string of the molecule is CCc1nc2sc([C@@H](c3ccc(F)c(F)c3)N3CCN(c4ccccc4F)CC3)c(O)n2n1. The van der Waals surface area contributed by atoms with Crippen molar-refractivity contribution in [3.05, 3.63) is 76.2 Å². The second-order valence-corrected chi connectivity index (χ2v) is 8.93. The minimum atomic E-state index is -0.949. The number of rotatable bonds is 5. The number of aryl methyl sites for hydroxylation is 1. The summed E-state index contributed by atoms with van der Waals surface area (Å²) in [7, 11) is 0. The first kappa shape index (κ1) is 21.7. The van der Waals surface area contributed by atoms with E-state index in [0.29, 0.717) is 59.5 Å². The highest BCUT2D eigenvalue weighted by Crippen LogP contribution is 2.40. The van der Waals surface area contributed by atoms with Crippen LogP contribution < -0.4 is 4.90 Å². The Morgan fingerprint density at radius 1 is 1.00 bits per heavy atom. The molecule has 4 aromatic rings. The minimum absolute atomic E-state index is 0.0616. The fourth-order valence-electron chi connectivity index (χ4n) is 4.26. The highest BCUT2D eigenvalue weighted by molar-refractivity contribution is 7.17. The van der Waals surface area contributed by atoms with Crippen LogP contribution in [0.3, 0.4) is 0 Å². The molecule has 1 atom stereocenters. The maximum absolute atomic E-state index is 14.3. The Labute approximate surface area is 192 Å². The van der Waals surface area contributed by atoms with Gasteiger partial charge in [0.25, 0.3) is 0 Å². The summed E-state index contributed by atoms with van der Waals surface area (Å²) >= 11 is 1.27. The Hall–Kier alpha value is -3.11. The molecule has 0 amide bonds. The average molecular weight is 474 g/mol. The van der Waals surface area contributed by atoms with E-state index >= 15 is 0 Å². The van der Waals surface area contributed by atoms with E-state index < -0.39 is 17.7 Å². The predicted molar refractivity (Wildman–Crippen MR) is 120 cm³/mol. The Morgan fingerprint density at radius 3 is 2.42 bits per heavy atom. The van der Waals surface area contributed by atoms with Crippen LogP contribution in [0.2, 0.25) is 0 Å². The van der Waals surface area contributed by atoms with E-state index in [-0.39, 0.29) is 11.7 Å². The molecule has 33 heavy (non-hydrogen) atoms. The summed E-state index contributed by atoms with van der Waals surface area (Å²) < 4.78 is 43.5. The van der Waals surface area contributed by atoms with Crippen LogP contribution in [0.15, 0.2) is 42.5 Å². The second kappa shape index (κ2) is 8.68. The monoisotopic (exact) mass is 473 g/mol. The van der Waals surface area contributed by atoms with Crippen molar-refractivity contribution in [2.75, 3.05) is 31.1 Å². The third kappa shape index (κ3) is 3.93. The van der Waals surface area contributed by atoms with Gasteiger partial charge in [-0.1, -0.05) is 36.5 Å². The van der Waals surface area contributed by atoms with Crippen molar-refractivity contribution in [1.29, 1.82) is 0 Å². The Morgan fingerprint density at radius 2 is 1.76 bits per heavy atom. The quantitative estimate of drug-likeness (QED) is 0.466. The van der Waals surface area contributed by atoms with Gasteiger partial charge in [-0.15, -0.1) is 5.10 Å². The van der Waals surface area contributed by atoms with Crippen LogP contribution in [-0.2, 0) is 6.42 Å². The molecular formula is C23H22F3N5OS. The van der Waals surface area contributed by atoms with E-state index in [4.69, 9.17) is 0 Å². The van der Waals surface area contributed by atoms with Gasteiger partial charge >= 0.3 is 0 Å². The van der Waals surface area contributed by atoms with Gasteiger partial charge < -0.3 is 10.0 Å². The maximum atomic E-state index is 14.3. The molecule has 0 radical (unpaired) electrons. The molecule has 2 aromatic heterocycles. The maximum Gasteiger partial charge on any atom is 0.230 e. The average Bonchev–Trinajstić information content (AvgIpc) is 3.36. The van der Waals surface area contributed by atoms with Gasteiger partial charge in [0.2, 0.25) is 10.8 Å². The highest BCUT2D eigenvalue weighted by Gasteiger charge is 2.32. The van der Waals surface area contributed by atoms with Crippen LogP contribution in [0.5, 0.6) is 5.88 Å². The van der Waals surface area contributed by atoms with E-state index in [1.807, 2.05) is 11.8 Å². The van der Waals surface area contributed by atoms with Crippen molar-refractivity contribution in [2.24, 2.45) is 0 Å². The van der Waals surface area contributed by atoms with Gasteiger partial charge in [-0.05, 0) is 29.8 Å². The normalized spacial score (nSPS) is 15.9. The molecule has 1 saturated heterocycles. The van der Waals surface area contributed by atoms with Gasteiger partial charge in [-0.25, -0.2) is 18.2 Å². The lowest BCUT2D eigenvalue weighted by molar-refractivity contribution is 0.210. The molecule has 3 heterocycles. The Bertz CT molecular complexity index is 1300. The third-order valence-electron chi connectivity index (χ3n) is 5.94. The summed E-state index contributed by atoms with van der Waals surface area (Å²) in [4.78, 5) is 9.57. The van der Waals surface area contributed by atoms with Gasteiger partial charge in [0, 0.05) is 32.6 Å². The fraction of sp³-hybridized carbons (Fsp3) is 0.304. The fourth-order valence-corrected chi connectivity index (χ4v) is 5.39. The molecule has 1 N–H and O–H groups in total. The number of hydrogen-bond acceptors (Lipinski definition) is 6. The lowest BCUT2D eigenvalue weighted by Crippen LogP contribution is -2.48. The highest BCUT2D eigenvalue weighted by atomic mass is 32.1. The van der Waals surface area contributed by atoms with Gasteiger partial charge in [-0.2, -0.15) is 4.52 Å². The van der Waals surface area contributed by atoms with Crippen molar-refractivity contribution in [2.45, 2.75) is 19.4 Å². The van der Waals surface area contributed by atoms with Gasteiger partial charge in [0.05, 0.1) is 16.6 Å². The molecule has 10 heteroatoms. The number of halogens is 3. The number of benzene rings is 2. The first-order valence-electron chi connectivity index (χ1n) is 10.7. The van der Waals surface area contributed by atoms with E-state index in [0.717, 1.165) is 12.1 Å². The van der Waals surface area contributed by atoms with Crippen LogP contribution in [0.25, 0.3) is 4.96 Å². The van der Waals surface area contributed by atoms with E-state index in [1.165, 1.54) is 28.0 Å². The zero-order valence-electron chi connectivity index (χ0n) is 17.9. The number of hydrogen-bond donors (Lipinski definition) is 1.